The van der Waals surface area contributed by atoms with Crippen LogP contribution in [-0.2, 0) is 98.9 Å². The minimum atomic E-state index is -0.344. The third kappa shape index (κ3) is 24.5. The molecule has 96 heavy (non-hydrogen) atoms. The van der Waals surface area contributed by atoms with Gasteiger partial charge >= 0.3 is 6.03 Å². The van der Waals surface area contributed by atoms with Crippen molar-refractivity contribution in [3.8, 4) is 0 Å². The van der Waals surface area contributed by atoms with Gasteiger partial charge in [-0.15, -0.1) is 11.1 Å². The van der Waals surface area contributed by atoms with Gasteiger partial charge in [-0.1, -0.05) is 97.9 Å². The van der Waals surface area contributed by atoms with E-state index in [1.807, 2.05) is 111 Å². The minimum absolute atomic E-state index is 0. The number of hydrazone groups is 1. The van der Waals surface area contributed by atoms with Gasteiger partial charge in [0.2, 0.25) is 0 Å². The number of aromatic nitrogens is 3. The van der Waals surface area contributed by atoms with E-state index in [1.54, 1.807) is 36.5 Å². The number of hydrogen-bond donors (Lipinski definition) is 3. The van der Waals surface area contributed by atoms with E-state index in [0.717, 1.165) is 35.4 Å². The van der Waals surface area contributed by atoms with E-state index < -0.39 is 0 Å². The van der Waals surface area contributed by atoms with E-state index in [4.69, 9.17) is 0 Å². The van der Waals surface area contributed by atoms with Crippen LogP contribution in [0.4, 0.5) is 4.79 Å². The topological polar surface area (TPSA) is 179 Å². The summed E-state index contributed by atoms with van der Waals surface area (Å²) in [5, 5.41) is 18.0. The average molecular weight is 1460 g/mol. The number of carbonyl (C=O) groups excluding carboxylic acids is 5. The first-order chi connectivity index (χ1) is 42.5. The summed E-state index contributed by atoms with van der Waals surface area (Å²) in [4.78, 5) is 63.4. The first-order valence-corrected chi connectivity index (χ1v) is 32.4. The first kappa shape index (κ1) is 88.1. The van der Waals surface area contributed by atoms with E-state index in [9.17, 15) is 24.0 Å². The van der Waals surface area contributed by atoms with Gasteiger partial charge in [0.1, 0.15) is 34.7 Å². The Morgan fingerprint density at radius 3 is 1.47 bits per heavy atom. The molecule has 0 bridgehead atoms. The molecule has 0 atom stereocenters. The zero-order valence-corrected chi connectivity index (χ0v) is 70.2. The van der Waals surface area contributed by atoms with Crippen LogP contribution >= 0.6 is 0 Å². The van der Waals surface area contributed by atoms with Crippen molar-refractivity contribution < 1.29 is 89.4 Å². The molecule has 0 fully saturated rings. The summed E-state index contributed by atoms with van der Waals surface area (Å²) in [5.41, 5.74) is 17.5. The monoisotopic (exact) mass is 1460 g/mol. The van der Waals surface area contributed by atoms with Crippen molar-refractivity contribution in [3.05, 3.63) is 171 Å². The molecule has 4 aromatic rings. The summed E-state index contributed by atoms with van der Waals surface area (Å²) in [5.74, 6) is 2.39. The molecule has 0 unspecified atom stereocenters. The van der Waals surface area contributed by atoms with Gasteiger partial charge in [-0.2, -0.15) is 73.8 Å². The van der Waals surface area contributed by atoms with Crippen molar-refractivity contribution in [2.75, 3.05) is 0 Å². The van der Waals surface area contributed by atoms with Gasteiger partial charge in [0.25, 0.3) is 11.8 Å². The molecule has 5 heterocycles. The van der Waals surface area contributed by atoms with Gasteiger partial charge in [-0.05, 0) is 188 Å². The Morgan fingerprint density at radius 2 is 1.06 bits per heavy atom. The van der Waals surface area contributed by atoms with Crippen LogP contribution in [0.2, 0.25) is 0 Å². The second kappa shape index (κ2) is 34.2. The molecule has 0 saturated carbocycles. The summed E-state index contributed by atoms with van der Waals surface area (Å²) in [6.45, 7) is 74.9. The van der Waals surface area contributed by atoms with Crippen molar-refractivity contribution in [1.82, 2.24) is 45.1 Å². The SMILES string of the molecule is C=C1NC(=O)C(C)=C(C)N1C(C)(C)C.C=C1NC(=O)C(C)=NN1C(C)(C)C.C=C1NC(=O)N=C(C)N1C(C)(C)C.CC(=O)c1ccn(C(C)(C)C)c1C.CC(=O)c1ccn(C(C)(C)C)n1.CC1=C(C(C)(C)C)c2cc(C)c[c-]c2C1.Cc1c[c-]c2c(c1)C(C(C)(C)C)=CC2.[Y].[Y]. The molecule has 9 rings (SSSR count). The summed E-state index contributed by atoms with van der Waals surface area (Å²) >= 11 is 0. The Labute approximate surface area is 628 Å². The Kier molecular flexibility index (Phi) is 31.4. The maximum absolute atomic E-state index is 11.4. The predicted molar refractivity (Wildman–Crippen MR) is 390 cm³/mol. The number of Topliss-reactive ketones (excluding diaryl/α,β-unsaturated/α-hetero) is 2. The van der Waals surface area contributed by atoms with Crippen molar-refractivity contribution in [2.45, 2.75) is 255 Å². The van der Waals surface area contributed by atoms with Crippen LogP contribution < -0.4 is 16.0 Å². The Bertz CT molecular complexity index is 3700. The van der Waals surface area contributed by atoms with Crippen LogP contribution in [0.5, 0.6) is 0 Å². The van der Waals surface area contributed by atoms with Crippen LogP contribution in [0.25, 0.3) is 11.1 Å². The van der Waals surface area contributed by atoms with E-state index in [0.29, 0.717) is 34.7 Å². The van der Waals surface area contributed by atoms with Gasteiger partial charge in [-0.3, -0.25) is 29.2 Å². The summed E-state index contributed by atoms with van der Waals surface area (Å²) < 4.78 is 3.92. The molecule has 2 aliphatic carbocycles. The van der Waals surface area contributed by atoms with Crippen LogP contribution in [0.15, 0.2) is 119 Å². The fourth-order valence-electron chi connectivity index (χ4n) is 11.5. The number of nitrogens with one attached hydrogen (secondary N) is 3. The maximum atomic E-state index is 11.4. The molecule has 4 amide bonds. The van der Waals surface area contributed by atoms with Crippen molar-refractivity contribution >= 4 is 52.1 Å². The number of amides is 4. The fraction of sp³-hybridized carbons (Fsp3) is 0.513. The number of nitrogens with zero attached hydrogens (tertiary/aromatic N) is 8. The summed E-state index contributed by atoms with van der Waals surface area (Å²) in [6.07, 6.45) is 8.30. The van der Waals surface area contributed by atoms with E-state index >= 15 is 0 Å². The zero-order valence-electron chi connectivity index (χ0n) is 64.5. The number of allylic oxidation sites excluding steroid dienone is 5. The van der Waals surface area contributed by atoms with E-state index in [-0.39, 0.29) is 133 Å². The molecule has 16 nitrogen and oxygen atoms in total. The number of aliphatic imine (C=N–C) groups is 1. The second-order valence-electron chi connectivity index (χ2n) is 31.8. The summed E-state index contributed by atoms with van der Waals surface area (Å²) in [6, 6.07) is 18.8. The fourth-order valence-corrected chi connectivity index (χ4v) is 11.5. The average Bonchev–Trinajstić information content (AvgIpc) is 1.36. The third-order valence-corrected chi connectivity index (χ3v) is 15.6. The number of hydrogen-bond acceptors (Lipinski definition) is 10. The number of carbonyl (C=O) groups is 5. The molecule has 0 spiro atoms. The van der Waals surface area contributed by atoms with Gasteiger partial charge in [-0.25, -0.2) is 9.80 Å². The molecule has 3 N–H and O–H groups in total. The number of fused-ring (bicyclic) bond motifs is 2. The number of aryl methyl sites for hydroxylation is 2. The van der Waals surface area contributed by atoms with Crippen LogP contribution in [0.3, 0.4) is 0 Å². The van der Waals surface area contributed by atoms with Crippen molar-refractivity contribution in [2.24, 2.45) is 20.9 Å². The Morgan fingerprint density at radius 1 is 0.562 bits per heavy atom. The van der Waals surface area contributed by atoms with Crippen molar-refractivity contribution in [1.29, 1.82) is 0 Å². The zero-order chi connectivity index (χ0) is 72.7. The maximum Gasteiger partial charge on any atom is 0.348 e. The molecular formula is C78H115N11O5Y2-2. The van der Waals surface area contributed by atoms with E-state index in [1.165, 1.54) is 57.0 Å². The summed E-state index contributed by atoms with van der Waals surface area (Å²) in [7, 11) is 0. The number of amidine groups is 1. The molecule has 2 aromatic heterocycles. The van der Waals surface area contributed by atoms with Gasteiger partial charge in [0, 0.05) is 124 Å². The second-order valence-corrected chi connectivity index (χ2v) is 31.8. The standard InChI is InChI=1S/C15H19.C14H17.C11H18N2O.C11H17NO.2C9H15N3O.C9H14N2O.2Y/c1-10-6-7-12-9-11(2)14(13(12)8-10)15(3,4)5;1-10-5-6-11-7-8-13(12(11)9-10)14(2,3)4;1-7-8(2)13(11(4,5)6)9(3)12-10(7)14;1-8-10(9(2)13)6-7-12(8)11(3,4)5;1-6-10-8(13)11-7(2)12(6)9(3,4)5;1-6-8(13)10-7(2)12(11-6)9(3,4)5;1-7(12)8-5-6-11(10-8)9(2,3)4;;/h6,8H,9H2,1-5H3;5,8-9H,7H2,1-4H3;3H2,1-2,4-6H3,(H,12,14);6-7H,1-5H3;1H2,2-5H3,(H,10,13);2H2,1,3-5H3,(H,10,13);5-6H,1-4H3;;/q2*-1;;;;;;;. The molecular weight excluding hydrogens is 1350 g/mol. The smallest absolute Gasteiger partial charge is 0.346 e. The van der Waals surface area contributed by atoms with E-state index in [2.05, 4.69) is 202 Å². The van der Waals surface area contributed by atoms with Gasteiger partial charge < -0.3 is 25.0 Å². The van der Waals surface area contributed by atoms with Gasteiger partial charge in [0.05, 0.1) is 11.1 Å². The minimum Gasteiger partial charge on any atom is -0.346 e. The normalized spacial score (nSPS) is 15.5. The Hall–Kier alpha value is -5.93. The molecule has 5 aliphatic rings. The molecule has 520 valence electrons. The molecule has 2 radical (unpaired) electrons. The molecule has 3 aliphatic heterocycles. The number of ketones is 2. The van der Waals surface area contributed by atoms with Crippen LogP contribution in [-0.4, -0.2) is 86.7 Å². The number of benzene rings is 2. The van der Waals surface area contributed by atoms with Crippen molar-refractivity contribution in [3.63, 3.8) is 0 Å². The van der Waals surface area contributed by atoms with Crippen LogP contribution in [0, 0.1) is 43.7 Å². The molecule has 18 heteroatoms. The Balaban J connectivity index is 0.000000559. The first-order valence-electron chi connectivity index (χ1n) is 32.4. The third-order valence-electron chi connectivity index (χ3n) is 15.6. The number of rotatable bonds is 2. The molecule has 0 saturated heterocycles. The van der Waals surface area contributed by atoms with Crippen LogP contribution in [0.1, 0.15) is 254 Å². The predicted octanol–water partition coefficient (Wildman–Crippen LogP) is 17.3. The van der Waals surface area contributed by atoms with Gasteiger partial charge in [0.15, 0.2) is 11.6 Å². The quantitative estimate of drug-likeness (QED) is 0.130. The molecule has 2 aromatic carbocycles. The number of urea groups is 1. The largest absolute Gasteiger partial charge is 0.348 e.